The van der Waals surface area contributed by atoms with Gasteiger partial charge in [-0.1, -0.05) is 0 Å². The van der Waals surface area contributed by atoms with Crippen molar-refractivity contribution in [1.29, 1.82) is 0 Å². The Hall–Kier alpha value is -2.84. The van der Waals surface area contributed by atoms with Crippen molar-refractivity contribution in [3.8, 4) is 0 Å². The molecule has 0 radical (unpaired) electrons. The first-order valence-corrected chi connectivity index (χ1v) is 11.4. The first-order chi connectivity index (χ1) is 13.3. The number of thioether (sulfide) groups is 1. The molecule has 0 saturated carbocycles. The second-order valence-electron chi connectivity index (χ2n) is 6.07. The lowest BCUT2D eigenvalue weighted by Gasteiger charge is -2.00. The zero-order chi connectivity index (χ0) is 20.3. The van der Waals surface area contributed by atoms with Crippen molar-refractivity contribution in [3.63, 3.8) is 0 Å². The molecule has 0 aliphatic heterocycles. The molecule has 0 bridgehead atoms. The van der Waals surface area contributed by atoms with Crippen molar-refractivity contribution < 1.29 is 8.42 Å². The number of hydrogen-bond acceptors (Lipinski definition) is 5. The molecule has 0 fully saturated rings. The number of benzene rings is 2. The van der Waals surface area contributed by atoms with Gasteiger partial charge < -0.3 is 9.97 Å². The van der Waals surface area contributed by atoms with Crippen molar-refractivity contribution in [3.05, 3.63) is 81.4 Å². The van der Waals surface area contributed by atoms with Gasteiger partial charge in [0.15, 0.2) is 20.7 Å². The molecule has 2 N–H and O–H groups in total. The summed E-state index contributed by atoms with van der Waals surface area (Å²) in [7, 11) is -3.26. The van der Waals surface area contributed by atoms with Crippen LogP contribution in [0.4, 0.5) is 0 Å². The summed E-state index contributed by atoms with van der Waals surface area (Å²) in [6.07, 6.45) is 6.32. The summed E-state index contributed by atoms with van der Waals surface area (Å²) in [5.74, 6) is 0. The first kappa shape index (κ1) is 19.9. The highest BCUT2D eigenvalue weighted by Crippen LogP contribution is 2.18. The van der Waals surface area contributed by atoms with Crippen LogP contribution in [0, 0.1) is 0 Å². The molecule has 8 heteroatoms. The Morgan fingerprint density at radius 3 is 1.86 bits per heavy atom. The number of aromatic amines is 2. The molecule has 2 heterocycles. The standard InChI is InChI=1S/C10H9NO3S.C10H9NOS/c1-15(13,14)7-2-3-9-8(6-7)10(12)4-5-11-9;1-13-7-2-3-9-8(6-7)10(12)4-5-11-9/h2-6H,1H3,(H,11,12);2-6H,1H3,(H,11,12). The smallest absolute Gasteiger partial charge is 0.189 e. The normalized spacial score (nSPS) is 11.2. The number of nitrogens with one attached hydrogen (secondary N) is 2. The molecule has 0 unspecified atom stereocenters. The van der Waals surface area contributed by atoms with E-state index in [1.54, 1.807) is 30.1 Å². The van der Waals surface area contributed by atoms with E-state index in [-0.39, 0.29) is 15.8 Å². The van der Waals surface area contributed by atoms with E-state index >= 15 is 0 Å². The minimum atomic E-state index is -3.26. The van der Waals surface area contributed by atoms with Crippen LogP contribution in [0.25, 0.3) is 21.8 Å². The second kappa shape index (κ2) is 8.04. The average Bonchev–Trinajstić information content (AvgIpc) is 2.68. The molecule has 0 saturated heterocycles. The summed E-state index contributed by atoms with van der Waals surface area (Å²) in [6, 6.07) is 13.2. The number of pyridine rings is 2. The summed E-state index contributed by atoms with van der Waals surface area (Å²) < 4.78 is 22.6. The molecule has 0 spiro atoms. The van der Waals surface area contributed by atoms with Gasteiger partial charge in [-0.25, -0.2) is 8.42 Å². The molecule has 0 aliphatic carbocycles. The summed E-state index contributed by atoms with van der Waals surface area (Å²) in [4.78, 5) is 30.0. The third-order valence-electron chi connectivity index (χ3n) is 4.12. The Morgan fingerprint density at radius 2 is 1.32 bits per heavy atom. The van der Waals surface area contributed by atoms with Crippen LogP contribution in [-0.4, -0.2) is 30.9 Å². The molecular formula is C20H18N2O4S2. The largest absolute Gasteiger partial charge is 0.361 e. The van der Waals surface area contributed by atoms with Crippen molar-refractivity contribution >= 4 is 43.4 Å². The number of rotatable bonds is 2. The molecule has 0 aliphatic rings. The van der Waals surface area contributed by atoms with E-state index in [4.69, 9.17) is 0 Å². The van der Waals surface area contributed by atoms with Gasteiger partial charge in [-0.3, -0.25) is 9.59 Å². The molecule has 2 aromatic heterocycles. The third-order valence-corrected chi connectivity index (χ3v) is 5.96. The van der Waals surface area contributed by atoms with E-state index in [1.807, 2.05) is 24.5 Å². The van der Waals surface area contributed by atoms with E-state index in [1.165, 1.54) is 24.4 Å². The fraction of sp³-hybridized carbons (Fsp3) is 0.100. The molecule has 144 valence electrons. The zero-order valence-corrected chi connectivity index (χ0v) is 16.9. The maximum absolute atomic E-state index is 11.4. The first-order valence-electron chi connectivity index (χ1n) is 8.26. The molecule has 6 nitrogen and oxygen atoms in total. The van der Waals surface area contributed by atoms with Crippen LogP contribution in [-0.2, 0) is 9.84 Å². The van der Waals surface area contributed by atoms with E-state index in [9.17, 15) is 18.0 Å². The fourth-order valence-corrected chi connectivity index (χ4v) is 3.74. The lowest BCUT2D eigenvalue weighted by atomic mass is 10.2. The van der Waals surface area contributed by atoms with Gasteiger partial charge in [0, 0.05) is 57.5 Å². The summed E-state index contributed by atoms with van der Waals surface area (Å²) in [6.45, 7) is 0. The van der Waals surface area contributed by atoms with E-state index in [0.717, 1.165) is 22.1 Å². The van der Waals surface area contributed by atoms with Gasteiger partial charge in [0.1, 0.15) is 0 Å². The lowest BCUT2D eigenvalue weighted by molar-refractivity contribution is 0.602. The maximum atomic E-state index is 11.4. The van der Waals surface area contributed by atoms with Crippen molar-refractivity contribution in [2.45, 2.75) is 9.79 Å². The maximum Gasteiger partial charge on any atom is 0.189 e. The van der Waals surface area contributed by atoms with Gasteiger partial charge in [0.25, 0.3) is 0 Å². The molecule has 4 aromatic rings. The summed E-state index contributed by atoms with van der Waals surface area (Å²) in [5, 5.41) is 1.15. The minimum absolute atomic E-state index is 0.0738. The Bertz CT molecular complexity index is 1370. The van der Waals surface area contributed by atoms with E-state index in [0.29, 0.717) is 10.9 Å². The monoisotopic (exact) mass is 414 g/mol. The van der Waals surface area contributed by atoms with Crippen molar-refractivity contribution in [1.82, 2.24) is 9.97 Å². The van der Waals surface area contributed by atoms with Crippen LogP contribution in [0.15, 0.2) is 80.3 Å². The van der Waals surface area contributed by atoms with Crippen LogP contribution < -0.4 is 10.9 Å². The van der Waals surface area contributed by atoms with E-state index < -0.39 is 9.84 Å². The van der Waals surface area contributed by atoms with Gasteiger partial charge in [0.2, 0.25) is 0 Å². The molecule has 0 amide bonds. The average molecular weight is 415 g/mol. The number of hydrogen-bond donors (Lipinski definition) is 2. The summed E-state index contributed by atoms with van der Waals surface area (Å²) in [5.41, 5.74) is 1.42. The number of aromatic nitrogens is 2. The fourth-order valence-electron chi connectivity index (χ4n) is 2.66. The molecular weight excluding hydrogens is 396 g/mol. The van der Waals surface area contributed by atoms with Crippen molar-refractivity contribution in [2.75, 3.05) is 12.5 Å². The number of H-pyrrole nitrogens is 2. The van der Waals surface area contributed by atoms with Crippen LogP contribution >= 0.6 is 11.8 Å². The highest BCUT2D eigenvalue weighted by molar-refractivity contribution is 7.98. The van der Waals surface area contributed by atoms with Crippen LogP contribution in [0.1, 0.15) is 0 Å². The molecule has 0 atom stereocenters. The van der Waals surface area contributed by atoms with Crippen LogP contribution in [0.3, 0.4) is 0 Å². The van der Waals surface area contributed by atoms with Crippen LogP contribution in [0.5, 0.6) is 0 Å². The highest BCUT2D eigenvalue weighted by atomic mass is 32.2. The minimum Gasteiger partial charge on any atom is -0.361 e. The molecule has 2 aromatic carbocycles. The number of fused-ring (bicyclic) bond motifs is 2. The Labute approximate surface area is 165 Å². The lowest BCUT2D eigenvalue weighted by Crippen LogP contribution is -2.03. The number of sulfone groups is 1. The Kier molecular flexibility index (Phi) is 5.71. The van der Waals surface area contributed by atoms with Crippen molar-refractivity contribution in [2.24, 2.45) is 0 Å². The van der Waals surface area contributed by atoms with Gasteiger partial charge in [-0.2, -0.15) is 0 Å². The van der Waals surface area contributed by atoms with Gasteiger partial charge >= 0.3 is 0 Å². The Morgan fingerprint density at radius 1 is 0.786 bits per heavy atom. The predicted molar refractivity (Wildman–Crippen MR) is 114 cm³/mol. The van der Waals surface area contributed by atoms with Gasteiger partial charge in [-0.05, 0) is 42.7 Å². The molecule has 28 heavy (non-hydrogen) atoms. The third kappa shape index (κ3) is 4.35. The Balaban J connectivity index is 0.000000162. The summed E-state index contributed by atoms with van der Waals surface area (Å²) >= 11 is 1.64. The predicted octanol–water partition coefficient (Wildman–Crippen LogP) is 3.18. The van der Waals surface area contributed by atoms with Gasteiger partial charge in [0.05, 0.1) is 4.90 Å². The van der Waals surface area contributed by atoms with Crippen LogP contribution in [0.2, 0.25) is 0 Å². The second-order valence-corrected chi connectivity index (χ2v) is 8.97. The zero-order valence-electron chi connectivity index (χ0n) is 15.2. The topological polar surface area (TPSA) is 99.9 Å². The quantitative estimate of drug-likeness (QED) is 0.491. The molecule has 4 rings (SSSR count). The van der Waals surface area contributed by atoms with E-state index in [2.05, 4.69) is 9.97 Å². The van der Waals surface area contributed by atoms with Gasteiger partial charge in [-0.15, -0.1) is 11.8 Å². The SMILES string of the molecule is CS(=O)(=O)c1ccc2[nH]ccc(=O)c2c1.CSc1ccc2[nH]ccc(=O)c2c1. The highest BCUT2D eigenvalue weighted by Gasteiger charge is 2.08.